The number of hydrogen-bond acceptors (Lipinski definition) is 8. The van der Waals surface area contributed by atoms with Crippen LogP contribution in [0.1, 0.15) is 32.6 Å². The van der Waals surface area contributed by atoms with E-state index in [0.717, 1.165) is 57.8 Å². The summed E-state index contributed by atoms with van der Waals surface area (Å²) in [6.07, 6.45) is 8.88. The Balaban J connectivity index is 1.15. The van der Waals surface area contributed by atoms with Crippen molar-refractivity contribution in [3.8, 4) is 0 Å². The average Bonchev–Trinajstić information content (AvgIpc) is 3.35. The van der Waals surface area contributed by atoms with Crippen LogP contribution in [0.2, 0.25) is 0 Å². The molecule has 10 heteroatoms. The molecule has 4 saturated heterocycles. The van der Waals surface area contributed by atoms with E-state index in [4.69, 9.17) is 4.74 Å². The molecular formula is C25H37N7O3. The number of fused-ring (bicyclic) bond motifs is 3. The molecule has 6 atom stereocenters. The van der Waals surface area contributed by atoms with Gasteiger partial charge in [-0.25, -0.2) is 9.99 Å². The summed E-state index contributed by atoms with van der Waals surface area (Å²) in [5.74, 6) is 1.85. The third-order valence-corrected chi connectivity index (χ3v) is 9.05. The zero-order valence-electron chi connectivity index (χ0n) is 20.5. The number of carbonyl (C=O) groups is 2. The first-order valence-electron chi connectivity index (χ1n) is 13.3. The highest BCUT2D eigenvalue weighted by Gasteiger charge is 2.55. The van der Waals surface area contributed by atoms with E-state index in [2.05, 4.69) is 42.4 Å². The number of hydrogen-bond donors (Lipinski definition) is 2. The summed E-state index contributed by atoms with van der Waals surface area (Å²) in [6.45, 7) is 7.42. The summed E-state index contributed by atoms with van der Waals surface area (Å²) in [4.78, 5) is 39.6. The monoisotopic (exact) mass is 483 g/mol. The number of amides is 2. The number of nitrogens with zero attached hydrogens (tertiary/aromatic N) is 5. The van der Waals surface area contributed by atoms with Crippen LogP contribution in [0.15, 0.2) is 18.6 Å². The Morgan fingerprint density at radius 3 is 2.66 bits per heavy atom. The lowest BCUT2D eigenvalue weighted by Crippen LogP contribution is -2.64. The largest absolute Gasteiger partial charge is 0.381 e. The molecule has 1 aromatic rings. The summed E-state index contributed by atoms with van der Waals surface area (Å²) in [6, 6.07) is 0.708. The van der Waals surface area contributed by atoms with Gasteiger partial charge in [0, 0.05) is 82.4 Å². The Labute approximate surface area is 206 Å². The summed E-state index contributed by atoms with van der Waals surface area (Å²) in [5.41, 5.74) is 3.58. The maximum Gasteiger partial charge on any atom is 0.226 e. The van der Waals surface area contributed by atoms with E-state index in [-0.39, 0.29) is 41.7 Å². The highest BCUT2D eigenvalue weighted by molar-refractivity contribution is 5.82. The van der Waals surface area contributed by atoms with Crippen LogP contribution < -0.4 is 15.6 Å². The molecule has 0 spiro atoms. The lowest BCUT2D eigenvalue weighted by atomic mass is 9.65. The van der Waals surface area contributed by atoms with Gasteiger partial charge in [0.1, 0.15) is 5.82 Å². The van der Waals surface area contributed by atoms with E-state index >= 15 is 0 Å². The molecule has 1 saturated carbocycles. The van der Waals surface area contributed by atoms with Crippen molar-refractivity contribution in [2.24, 2.45) is 23.7 Å². The van der Waals surface area contributed by atoms with Crippen molar-refractivity contribution in [1.29, 1.82) is 0 Å². The van der Waals surface area contributed by atoms with E-state index in [1.54, 1.807) is 18.6 Å². The number of aromatic nitrogens is 2. The normalized spacial score (nSPS) is 36.4. The SMILES string of the molecule is CC1CC2NC(=O)C3CNN(C4CCOCC4)C3C2CC1C(=O)N1CCN(c2cnccn2)CC1. The van der Waals surface area contributed by atoms with Gasteiger partial charge >= 0.3 is 0 Å². The number of piperazine rings is 1. The summed E-state index contributed by atoms with van der Waals surface area (Å²) in [7, 11) is 0. The minimum atomic E-state index is -0.0428. The topological polar surface area (TPSA) is 103 Å². The predicted octanol–water partition coefficient (Wildman–Crippen LogP) is 0.270. The van der Waals surface area contributed by atoms with Gasteiger partial charge in [0.15, 0.2) is 0 Å². The lowest BCUT2D eigenvalue weighted by Gasteiger charge is -2.50. The van der Waals surface area contributed by atoms with Crippen LogP contribution in [0.4, 0.5) is 5.82 Å². The second-order valence-electron chi connectivity index (χ2n) is 10.9. The Bertz CT molecular complexity index is 919. The van der Waals surface area contributed by atoms with Gasteiger partial charge in [0.05, 0.1) is 12.1 Å². The van der Waals surface area contributed by atoms with Crippen molar-refractivity contribution in [3.63, 3.8) is 0 Å². The molecule has 0 aromatic carbocycles. The molecular weight excluding hydrogens is 446 g/mol. The first kappa shape index (κ1) is 23.1. The van der Waals surface area contributed by atoms with E-state index in [9.17, 15) is 9.59 Å². The maximum absolute atomic E-state index is 13.8. The molecule has 6 rings (SSSR count). The van der Waals surface area contributed by atoms with Gasteiger partial charge in [0.2, 0.25) is 11.8 Å². The first-order valence-corrected chi connectivity index (χ1v) is 13.3. The molecule has 5 heterocycles. The van der Waals surface area contributed by atoms with Crippen LogP contribution in [-0.4, -0.2) is 95.8 Å². The third-order valence-electron chi connectivity index (χ3n) is 9.05. The quantitative estimate of drug-likeness (QED) is 0.632. The van der Waals surface area contributed by atoms with Gasteiger partial charge < -0.3 is 19.9 Å². The number of ether oxygens (including phenoxy) is 1. The van der Waals surface area contributed by atoms with Crippen LogP contribution in [0, 0.1) is 23.7 Å². The molecule has 35 heavy (non-hydrogen) atoms. The third kappa shape index (κ3) is 4.29. The number of piperidine rings is 1. The summed E-state index contributed by atoms with van der Waals surface area (Å²) < 4.78 is 5.59. The molecule has 5 aliphatic rings. The molecule has 190 valence electrons. The van der Waals surface area contributed by atoms with Gasteiger partial charge in [-0.05, 0) is 37.5 Å². The van der Waals surface area contributed by atoms with Gasteiger partial charge in [-0.2, -0.15) is 0 Å². The van der Waals surface area contributed by atoms with Crippen LogP contribution in [0.25, 0.3) is 0 Å². The van der Waals surface area contributed by atoms with Crippen LogP contribution in [0.3, 0.4) is 0 Å². The fourth-order valence-electron chi connectivity index (χ4n) is 7.16. The van der Waals surface area contributed by atoms with E-state index in [1.165, 1.54) is 0 Å². The number of rotatable bonds is 3. The minimum absolute atomic E-state index is 0.00658. The highest BCUT2D eigenvalue weighted by atomic mass is 16.5. The predicted molar refractivity (Wildman–Crippen MR) is 129 cm³/mol. The molecule has 1 aliphatic carbocycles. The fraction of sp³-hybridized carbons (Fsp3) is 0.760. The molecule has 0 bridgehead atoms. The Kier molecular flexibility index (Phi) is 6.36. The highest BCUT2D eigenvalue weighted by Crippen LogP contribution is 2.44. The lowest BCUT2D eigenvalue weighted by molar-refractivity contribution is -0.143. The Morgan fingerprint density at radius 2 is 1.91 bits per heavy atom. The summed E-state index contributed by atoms with van der Waals surface area (Å²) in [5, 5.41) is 5.72. The fourth-order valence-corrected chi connectivity index (χ4v) is 7.16. The zero-order chi connectivity index (χ0) is 23.9. The Hall–Kier alpha value is -2.30. The molecule has 4 aliphatic heterocycles. The molecule has 1 aromatic heterocycles. The standard InChI is InChI=1S/C25H37N7O3/c1-16-12-21-19(23-20(24(33)29-21)14-28-32(23)17-2-10-35-11-3-17)13-18(16)25(34)31-8-6-30(7-9-31)22-15-26-4-5-27-22/h4-5,15-21,23,28H,2-3,6-14H2,1H3,(H,29,33). The minimum Gasteiger partial charge on any atom is -0.381 e. The number of carbonyl (C=O) groups excluding carboxylic acids is 2. The zero-order valence-corrected chi connectivity index (χ0v) is 20.5. The maximum atomic E-state index is 13.8. The van der Waals surface area contributed by atoms with Crippen molar-refractivity contribution in [2.45, 2.75) is 50.7 Å². The number of nitrogens with one attached hydrogen (secondary N) is 2. The molecule has 5 fully saturated rings. The second-order valence-corrected chi connectivity index (χ2v) is 10.9. The van der Waals surface area contributed by atoms with Crippen LogP contribution >= 0.6 is 0 Å². The van der Waals surface area contributed by atoms with Gasteiger partial charge in [-0.1, -0.05) is 6.92 Å². The molecule has 2 N–H and O–H groups in total. The van der Waals surface area contributed by atoms with Crippen LogP contribution in [-0.2, 0) is 14.3 Å². The van der Waals surface area contributed by atoms with Crippen LogP contribution in [0.5, 0.6) is 0 Å². The smallest absolute Gasteiger partial charge is 0.226 e. The summed E-state index contributed by atoms with van der Waals surface area (Å²) >= 11 is 0. The molecule has 0 radical (unpaired) electrons. The van der Waals surface area contributed by atoms with Crippen molar-refractivity contribution in [3.05, 3.63) is 18.6 Å². The van der Waals surface area contributed by atoms with E-state index in [1.807, 2.05) is 0 Å². The van der Waals surface area contributed by atoms with E-state index in [0.29, 0.717) is 31.6 Å². The van der Waals surface area contributed by atoms with Gasteiger partial charge in [0.25, 0.3) is 0 Å². The first-order chi connectivity index (χ1) is 17.1. The van der Waals surface area contributed by atoms with E-state index < -0.39 is 0 Å². The van der Waals surface area contributed by atoms with Crippen molar-refractivity contribution in [1.82, 2.24) is 30.6 Å². The van der Waals surface area contributed by atoms with Crippen molar-refractivity contribution >= 4 is 17.6 Å². The molecule has 10 nitrogen and oxygen atoms in total. The van der Waals surface area contributed by atoms with Crippen molar-refractivity contribution < 1.29 is 14.3 Å². The number of hydrazine groups is 1. The number of anilines is 1. The average molecular weight is 484 g/mol. The molecule has 2 amide bonds. The van der Waals surface area contributed by atoms with Gasteiger partial charge in [-0.15, -0.1) is 0 Å². The Morgan fingerprint density at radius 1 is 1.11 bits per heavy atom. The second kappa shape index (κ2) is 9.63. The van der Waals surface area contributed by atoms with Crippen molar-refractivity contribution in [2.75, 3.05) is 50.8 Å². The van der Waals surface area contributed by atoms with Gasteiger partial charge in [-0.3, -0.25) is 20.0 Å². The molecule has 6 unspecified atom stereocenters.